The summed E-state index contributed by atoms with van der Waals surface area (Å²) in [5.41, 5.74) is 3.84. The first kappa shape index (κ1) is 14.1. The van der Waals surface area contributed by atoms with Crippen LogP contribution in [0.3, 0.4) is 0 Å². The Labute approximate surface area is 125 Å². The molecule has 0 bridgehead atoms. The molecule has 1 atom stereocenters. The molecule has 0 saturated heterocycles. The normalized spacial score (nSPS) is 13.1. The van der Waals surface area contributed by atoms with Gasteiger partial charge in [-0.1, -0.05) is 24.3 Å². The molecule has 3 heteroatoms. The average molecular weight is 282 g/mol. The average Bonchev–Trinajstić information content (AvgIpc) is 2.85. The highest BCUT2D eigenvalue weighted by Crippen LogP contribution is 2.29. The molecule has 0 aliphatic rings. The Kier molecular flexibility index (Phi) is 3.95. The second-order valence-electron chi connectivity index (χ2n) is 5.58. The number of benzene rings is 2. The molecule has 1 heterocycles. The minimum Gasteiger partial charge on any atom is -0.395 e. The lowest BCUT2D eigenvalue weighted by atomic mass is 10.1. The number of aromatic nitrogens is 1. The van der Waals surface area contributed by atoms with E-state index in [1.165, 1.54) is 27.4 Å². The Balaban J connectivity index is 2.06. The first-order valence-electron chi connectivity index (χ1n) is 7.58. The van der Waals surface area contributed by atoms with Crippen LogP contribution in [0.15, 0.2) is 42.5 Å². The van der Waals surface area contributed by atoms with E-state index in [1.54, 1.807) is 0 Å². The number of aliphatic hydroxyl groups excluding tert-OH is 1. The molecular formula is C18H22N2O. The molecule has 21 heavy (non-hydrogen) atoms. The van der Waals surface area contributed by atoms with Gasteiger partial charge in [0.2, 0.25) is 0 Å². The van der Waals surface area contributed by atoms with Crippen LogP contribution in [-0.2, 0) is 13.1 Å². The number of para-hydroxylation sites is 1. The van der Waals surface area contributed by atoms with Gasteiger partial charge in [0.25, 0.3) is 0 Å². The van der Waals surface area contributed by atoms with Crippen molar-refractivity contribution in [3.8, 4) is 0 Å². The number of nitrogens with zero attached hydrogens (tertiary/aromatic N) is 1. The van der Waals surface area contributed by atoms with Gasteiger partial charge in [0.15, 0.2) is 0 Å². The van der Waals surface area contributed by atoms with Crippen LogP contribution in [0.25, 0.3) is 21.8 Å². The Morgan fingerprint density at radius 1 is 1.10 bits per heavy atom. The van der Waals surface area contributed by atoms with Crippen LogP contribution in [0, 0.1) is 0 Å². The molecule has 110 valence electrons. The largest absolute Gasteiger partial charge is 0.395 e. The lowest BCUT2D eigenvalue weighted by molar-refractivity contribution is 0.251. The second kappa shape index (κ2) is 5.88. The summed E-state index contributed by atoms with van der Waals surface area (Å²) in [4.78, 5) is 0. The molecule has 3 nitrogen and oxygen atoms in total. The standard InChI is InChI=1S/C18H22N2O/c1-3-20-17-7-5-4-6-15(17)16-10-14(8-9-18(16)20)11-19-13(2)12-21/h4-10,13,19,21H,3,11-12H2,1-2H3/t13-/m1/s1. The Morgan fingerprint density at radius 2 is 1.86 bits per heavy atom. The SMILES string of the molecule is CCn1c2ccccc2c2cc(CN[C@H](C)CO)ccc21. The first-order valence-corrected chi connectivity index (χ1v) is 7.58. The molecule has 3 rings (SSSR count). The summed E-state index contributed by atoms with van der Waals surface area (Å²) in [6.07, 6.45) is 0. The van der Waals surface area contributed by atoms with E-state index in [1.807, 2.05) is 6.92 Å². The van der Waals surface area contributed by atoms with Gasteiger partial charge in [0.1, 0.15) is 0 Å². The van der Waals surface area contributed by atoms with E-state index in [0.29, 0.717) is 0 Å². The number of nitrogens with one attached hydrogen (secondary N) is 1. The van der Waals surface area contributed by atoms with Crippen LogP contribution in [0.1, 0.15) is 19.4 Å². The molecule has 3 aromatic rings. The summed E-state index contributed by atoms with van der Waals surface area (Å²) in [5.74, 6) is 0. The van der Waals surface area contributed by atoms with Crippen molar-refractivity contribution in [2.45, 2.75) is 33.0 Å². The van der Waals surface area contributed by atoms with Gasteiger partial charge in [-0.15, -0.1) is 0 Å². The number of aryl methyl sites for hydroxylation is 1. The van der Waals surface area contributed by atoms with Crippen LogP contribution >= 0.6 is 0 Å². The molecule has 0 fully saturated rings. The van der Waals surface area contributed by atoms with Crippen LogP contribution in [0.5, 0.6) is 0 Å². The van der Waals surface area contributed by atoms with Crippen molar-refractivity contribution in [3.05, 3.63) is 48.0 Å². The van der Waals surface area contributed by atoms with Gasteiger partial charge < -0.3 is 15.0 Å². The second-order valence-corrected chi connectivity index (χ2v) is 5.58. The number of hydrogen-bond donors (Lipinski definition) is 2. The van der Waals surface area contributed by atoms with Crippen molar-refractivity contribution in [2.24, 2.45) is 0 Å². The van der Waals surface area contributed by atoms with Crippen molar-refractivity contribution in [2.75, 3.05) is 6.61 Å². The predicted octanol–water partition coefficient (Wildman–Crippen LogP) is 3.28. The fourth-order valence-corrected chi connectivity index (χ4v) is 2.91. The maximum atomic E-state index is 9.10. The van der Waals surface area contributed by atoms with E-state index in [-0.39, 0.29) is 12.6 Å². The quantitative estimate of drug-likeness (QED) is 0.753. The summed E-state index contributed by atoms with van der Waals surface area (Å²) in [5, 5.41) is 15.0. The fraction of sp³-hybridized carbons (Fsp3) is 0.333. The maximum absolute atomic E-state index is 9.10. The highest BCUT2D eigenvalue weighted by Gasteiger charge is 2.09. The number of aliphatic hydroxyl groups is 1. The van der Waals surface area contributed by atoms with Crippen molar-refractivity contribution in [1.29, 1.82) is 0 Å². The van der Waals surface area contributed by atoms with Crippen molar-refractivity contribution < 1.29 is 5.11 Å². The highest BCUT2D eigenvalue weighted by atomic mass is 16.3. The molecule has 0 spiro atoms. The molecule has 0 unspecified atom stereocenters. The molecule has 1 aromatic heterocycles. The summed E-state index contributed by atoms with van der Waals surface area (Å²) in [6.45, 7) is 6.09. The zero-order valence-electron chi connectivity index (χ0n) is 12.6. The van der Waals surface area contributed by atoms with Gasteiger partial charge in [-0.05, 0) is 37.6 Å². The van der Waals surface area contributed by atoms with Gasteiger partial charge in [-0.2, -0.15) is 0 Å². The van der Waals surface area contributed by atoms with Crippen LogP contribution < -0.4 is 5.32 Å². The third kappa shape index (κ3) is 2.55. The van der Waals surface area contributed by atoms with Gasteiger partial charge in [-0.25, -0.2) is 0 Å². The number of fused-ring (bicyclic) bond motifs is 3. The number of hydrogen-bond acceptors (Lipinski definition) is 2. The summed E-state index contributed by atoms with van der Waals surface area (Å²) < 4.78 is 2.36. The lowest BCUT2D eigenvalue weighted by Gasteiger charge is -2.10. The van der Waals surface area contributed by atoms with Gasteiger partial charge >= 0.3 is 0 Å². The molecule has 2 aromatic carbocycles. The van der Waals surface area contributed by atoms with Gasteiger partial charge in [0.05, 0.1) is 6.61 Å². The van der Waals surface area contributed by atoms with Crippen molar-refractivity contribution >= 4 is 21.8 Å². The van der Waals surface area contributed by atoms with Gasteiger partial charge in [-0.3, -0.25) is 0 Å². The third-order valence-corrected chi connectivity index (χ3v) is 4.08. The molecule has 0 aliphatic carbocycles. The number of rotatable bonds is 5. The first-order chi connectivity index (χ1) is 10.2. The minimum atomic E-state index is 0.123. The van der Waals surface area contributed by atoms with Crippen LogP contribution in [-0.4, -0.2) is 22.3 Å². The molecule has 0 aliphatic heterocycles. The summed E-state index contributed by atoms with van der Waals surface area (Å²) in [6, 6.07) is 15.3. The molecule has 2 N–H and O–H groups in total. The van der Waals surface area contributed by atoms with E-state index in [0.717, 1.165) is 13.1 Å². The molecule has 0 radical (unpaired) electrons. The predicted molar refractivity (Wildman–Crippen MR) is 88.5 cm³/mol. The Bertz CT molecular complexity index is 760. The summed E-state index contributed by atoms with van der Waals surface area (Å²) in [7, 11) is 0. The minimum absolute atomic E-state index is 0.123. The van der Waals surface area contributed by atoms with Crippen molar-refractivity contribution in [1.82, 2.24) is 9.88 Å². The van der Waals surface area contributed by atoms with E-state index >= 15 is 0 Å². The van der Waals surface area contributed by atoms with E-state index in [4.69, 9.17) is 5.11 Å². The monoisotopic (exact) mass is 282 g/mol. The fourth-order valence-electron chi connectivity index (χ4n) is 2.91. The smallest absolute Gasteiger partial charge is 0.0582 e. The van der Waals surface area contributed by atoms with Crippen LogP contribution in [0.2, 0.25) is 0 Å². The van der Waals surface area contributed by atoms with Gasteiger partial charge in [0, 0.05) is 40.9 Å². The Morgan fingerprint density at radius 3 is 2.62 bits per heavy atom. The Hall–Kier alpha value is -1.84. The topological polar surface area (TPSA) is 37.2 Å². The molecule has 0 amide bonds. The lowest BCUT2D eigenvalue weighted by Crippen LogP contribution is -2.28. The van der Waals surface area contributed by atoms with E-state index in [2.05, 4.69) is 59.3 Å². The zero-order valence-corrected chi connectivity index (χ0v) is 12.6. The molecular weight excluding hydrogens is 260 g/mol. The highest BCUT2D eigenvalue weighted by molar-refractivity contribution is 6.08. The van der Waals surface area contributed by atoms with E-state index in [9.17, 15) is 0 Å². The summed E-state index contributed by atoms with van der Waals surface area (Å²) >= 11 is 0. The van der Waals surface area contributed by atoms with Crippen LogP contribution in [0.4, 0.5) is 0 Å². The zero-order chi connectivity index (χ0) is 14.8. The van der Waals surface area contributed by atoms with E-state index < -0.39 is 0 Å². The third-order valence-electron chi connectivity index (χ3n) is 4.08. The maximum Gasteiger partial charge on any atom is 0.0582 e. The molecule has 0 saturated carbocycles. The van der Waals surface area contributed by atoms with Crippen molar-refractivity contribution in [3.63, 3.8) is 0 Å².